The molecule has 1 N–H and O–H groups in total. The summed E-state index contributed by atoms with van der Waals surface area (Å²) in [5.41, 5.74) is 1.24. The Kier molecular flexibility index (Phi) is 4.13. The minimum atomic E-state index is -1.30. The number of carboxylic acids is 1. The normalized spacial score (nSPS) is 23.6. The molecule has 96 valence electrons. The molecule has 0 amide bonds. The third kappa shape index (κ3) is 2.97. The van der Waals surface area contributed by atoms with Crippen molar-refractivity contribution in [2.24, 2.45) is 5.92 Å². The largest absolute Gasteiger partial charge is 0.476 e. The van der Waals surface area contributed by atoms with Gasteiger partial charge in [0.1, 0.15) is 0 Å². The second kappa shape index (κ2) is 5.80. The highest BCUT2D eigenvalue weighted by Crippen LogP contribution is 2.39. The van der Waals surface area contributed by atoms with Gasteiger partial charge in [-0.05, 0) is 30.2 Å². The number of benzene rings is 1. The monoisotopic (exact) mass is 246 g/mol. The first-order chi connectivity index (χ1) is 8.68. The summed E-state index contributed by atoms with van der Waals surface area (Å²) in [6.45, 7) is 0. The Hall–Kier alpha value is -1.64. The van der Waals surface area contributed by atoms with Crippen molar-refractivity contribution < 1.29 is 14.7 Å². The van der Waals surface area contributed by atoms with E-state index in [2.05, 4.69) is 12.1 Å². The second-order valence-electron chi connectivity index (χ2n) is 4.99. The molecule has 1 aromatic rings. The zero-order chi connectivity index (χ0) is 13.0. The van der Waals surface area contributed by atoms with Gasteiger partial charge >= 0.3 is 5.97 Å². The molecule has 0 radical (unpaired) electrons. The molecule has 3 nitrogen and oxygen atoms in total. The molecule has 0 bridgehead atoms. The Morgan fingerprint density at radius 3 is 2.44 bits per heavy atom. The lowest BCUT2D eigenvalue weighted by atomic mass is 9.73. The SMILES string of the molecule is O=C(O)C(=O)C[C@@H]1CCCC[C@H]1c1ccccc1. The maximum atomic E-state index is 11.4. The van der Waals surface area contributed by atoms with Crippen LogP contribution < -0.4 is 0 Å². The highest BCUT2D eigenvalue weighted by Gasteiger charge is 2.29. The van der Waals surface area contributed by atoms with Crippen LogP contribution in [0.3, 0.4) is 0 Å². The number of ketones is 1. The topological polar surface area (TPSA) is 54.4 Å². The van der Waals surface area contributed by atoms with Gasteiger partial charge in [0.2, 0.25) is 5.78 Å². The first-order valence-electron chi connectivity index (χ1n) is 6.49. The Morgan fingerprint density at radius 2 is 1.78 bits per heavy atom. The van der Waals surface area contributed by atoms with E-state index in [1.807, 2.05) is 18.2 Å². The lowest BCUT2D eigenvalue weighted by Crippen LogP contribution is -2.24. The smallest absolute Gasteiger partial charge is 0.372 e. The molecule has 1 saturated carbocycles. The van der Waals surface area contributed by atoms with Gasteiger partial charge in [-0.15, -0.1) is 0 Å². The molecule has 2 rings (SSSR count). The molecule has 0 spiro atoms. The van der Waals surface area contributed by atoms with Crippen molar-refractivity contribution in [3.05, 3.63) is 35.9 Å². The Morgan fingerprint density at radius 1 is 1.11 bits per heavy atom. The quantitative estimate of drug-likeness (QED) is 0.831. The highest BCUT2D eigenvalue weighted by molar-refractivity contribution is 6.32. The number of hydrogen-bond acceptors (Lipinski definition) is 2. The summed E-state index contributed by atoms with van der Waals surface area (Å²) in [7, 11) is 0. The van der Waals surface area contributed by atoms with Gasteiger partial charge in [0, 0.05) is 6.42 Å². The molecule has 0 aliphatic heterocycles. The van der Waals surface area contributed by atoms with Crippen LogP contribution >= 0.6 is 0 Å². The number of carboxylic acid groups (broad SMARTS) is 1. The van der Waals surface area contributed by atoms with Gasteiger partial charge in [0.15, 0.2) is 0 Å². The number of Topliss-reactive ketones (excluding diaryl/α,β-unsaturated/α-hetero) is 1. The van der Waals surface area contributed by atoms with Crippen LogP contribution in [-0.4, -0.2) is 16.9 Å². The van der Waals surface area contributed by atoms with E-state index < -0.39 is 11.8 Å². The average Bonchev–Trinajstić information content (AvgIpc) is 2.40. The summed E-state index contributed by atoms with van der Waals surface area (Å²) in [5.74, 6) is -1.43. The van der Waals surface area contributed by atoms with Crippen LogP contribution in [-0.2, 0) is 9.59 Å². The van der Waals surface area contributed by atoms with Crippen molar-refractivity contribution in [2.45, 2.75) is 38.0 Å². The molecule has 1 aromatic carbocycles. The van der Waals surface area contributed by atoms with Gasteiger partial charge in [-0.1, -0.05) is 43.2 Å². The molecule has 3 heteroatoms. The van der Waals surface area contributed by atoms with Crippen LogP contribution in [0.25, 0.3) is 0 Å². The molecule has 0 saturated heterocycles. The number of rotatable bonds is 4. The molecule has 0 unspecified atom stereocenters. The highest BCUT2D eigenvalue weighted by atomic mass is 16.4. The van der Waals surface area contributed by atoms with E-state index >= 15 is 0 Å². The standard InChI is InChI=1S/C15H18O3/c16-14(15(17)18)10-12-8-4-5-9-13(12)11-6-2-1-3-7-11/h1-3,6-7,12-13H,4-5,8-10H2,(H,17,18)/t12-,13-/m0/s1. The first kappa shape index (κ1) is 12.8. The average molecular weight is 246 g/mol. The Bertz CT molecular complexity index is 425. The number of carbonyl (C=O) groups is 2. The predicted molar refractivity (Wildman–Crippen MR) is 68.4 cm³/mol. The fraction of sp³-hybridized carbons (Fsp3) is 0.467. The van der Waals surface area contributed by atoms with Crippen molar-refractivity contribution in [2.75, 3.05) is 0 Å². The lowest BCUT2D eigenvalue weighted by Gasteiger charge is -2.31. The van der Waals surface area contributed by atoms with E-state index in [1.54, 1.807) is 0 Å². The maximum absolute atomic E-state index is 11.4. The number of carbonyl (C=O) groups excluding carboxylic acids is 1. The number of hydrogen-bond donors (Lipinski definition) is 1. The van der Waals surface area contributed by atoms with E-state index in [0.717, 1.165) is 25.7 Å². The molecule has 1 aliphatic carbocycles. The van der Waals surface area contributed by atoms with Gasteiger partial charge in [0.05, 0.1) is 0 Å². The van der Waals surface area contributed by atoms with Crippen molar-refractivity contribution in [1.29, 1.82) is 0 Å². The third-order valence-electron chi connectivity index (χ3n) is 3.82. The fourth-order valence-corrected chi connectivity index (χ4v) is 2.92. The molecule has 1 fully saturated rings. The van der Waals surface area contributed by atoms with E-state index in [4.69, 9.17) is 5.11 Å². The Labute approximate surface area is 107 Å². The zero-order valence-electron chi connectivity index (χ0n) is 10.3. The summed E-state index contributed by atoms with van der Waals surface area (Å²) in [5, 5.41) is 8.72. The molecular weight excluding hydrogens is 228 g/mol. The Balaban J connectivity index is 2.11. The third-order valence-corrected chi connectivity index (χ3v) is 3.82. The molecule has 0 aromatic heterocycles. The molecule has 1 aliphatic rings. The van der Waals surface area contributed by atoms with E-state index in [9.17, 15) is 9.59 Å². The minimum Gasteiger partial charge on any atom is -0.476 e. The second-order valence-corrected chi connectivity index (χ2v) is 4.99. The molecule has 18 heavy (non-hydrogen) atoms. The summed E-state index contributed by atoms with van der Waals surface area (Å²) >= 11 is 0. The fourth-order valence-electron chi connectivity index (χ4n) is 2.92. The maximum Gasteiger partial charge on any atom is 0.372 e. The van der Waals surface area contributed by atoms with E-state index in [0.29, 0.717) is 5.92 Å². The van der Waals surface area contributed by atoms with Crippen molar-refractivity contribution in [3.63, 3.8) is 0 Å². The van der Waals surface area contributed by atoms with Gasteiger partial charge in [0.25, 0.3) is 0 Å². The van der Waals surface area contributed by atoms with Gasteiger partial charge < -0.3 is 5.11 Å². The van der Waals surface area contributed by atoms with Crippen LogP contribution in [0.4, 0.5) is 0 Å². The lowest BCUT2D eigenvalue weighted by molar-refractivity contribution is -0.149. The molecule has 0 heterocycles. The molecular formula is C15H18O3. The van der Waals surface area contributed by atoms with Crippen LogP contribution in [0.1, 0.15) is 43.6 Å². The van der Waals surface area contributed by atoms with Gasteiger partial charge in [-0.3, -0.25) is 4.79 Å². The first-order valence-corrected chi connectivity index (χ1v) is 6.49. The molecule has 2 atom stereocenters. The summed E-state index contributed by atoms with van der Waals surface area (Å²) < 4.78 is 0. The summed E-state index contributed by atoms with van der Waals surface area (Å²) in [4.78, 5) is 22.1. The van der Waals surface area contributed by atoms with E-state index in [-0.39, 0.29) is 12.3 Å². The zero-order valence-corrected chi connectivity index (χ0v) is 10.3. The van der Waals surface area contributed by atoms with Crippen LogP contribution in [0.2, 0.25) is 0 Å². The minimum absolute atomic E-state index is 0.175. The number of aliphatic carboxylic acids is 1. The van der Waals surface area contributed by atoms with Crippen molar-refractivity contribution >= 4 is 11.8 Å². The van der Waals surface area contributed by atoms with Crippen molar-refractivity contribution in [1.82, 2.24) is 0 Å². The summed E-state index contributed by atoms with van der Waals surface area (Å²) in [6.07, 6.45) is 4.45. The summed E-state index contributed by atoms with van der Waals surface area (Å²) in [6, 6.07) is 10.1. The van der Waals surface area contributed by atoms with Crippen molar-refractivity contribution in [3.8, 4) is 0 Å². The van der Waals surface area contributed by atoms with Crippen LogP contribution in [0, 0.1) is 5.92 Å². The van der Waals surface area contributed by atoms with E-state index in [1.165, 1.54) is 5.56 Å². The van der Waals surface area contributed by atoms with Crippen LogP contribution in [0.15, 0.2) is 30.3 Å². The van der Waals surface area contributed by atoms with Gasteiger partial charge in [-0.25, -0.2) is 4.79 Å². The van der Waals surface area contributed by atoms with Crippen LogP contribution in [0.5, 0.6) is 0 Å². The van der Waals surface area contributed by atoms with Gasteiger partial charge in [-0.2, -0.15) is 0 Å². The predicted octanol–water partition coefficient (Wildman–Crippen LogP) is 3.00.